The third-order valence-electron chi connectivity index (χ3n) is 7.83. The minimum atomic E-state index is -0.892. The number of hydrogen-bond donors (Lipinski definition) is 0. The highest BCUT2D eigenvalue weighted by molar-refractivity contribution is 5.95. The van der Waals surface area contributed by atoms with Crippen molar-refractivity contribution < 1.29 is 18.7 Å². The van der Waals surface area contributed by atoms with Crippen LogP contribution in [0.4, 0.5) is 4.39 Å². The first-order chi connectivity index (χ1) is 14.5. The lowest BCUT2D eigenvalue weighted by Gasteiger charge is -2.50. The summed E-state index contributed by atoms with van der Waals surface area (Å²) in [6, 6.07) is 14.8. The van der Waals surface area contributed by atoms with E-state index in [1.54, 1.807) is 12.1 Å². The summed E-state index contributed by atoms with van der Waals surface area (Å²) in [5.74, 6) is -0.929. The van der Waals surface area contributed by atoms with E-state index >= 15 is 0 Å². The van der Waals surface area contributed by atoms with Gasteiger partial charge in [0.15, 0.2) is 23.3 Å². The minimum Gasteiger partial charge on any atom is -0.334 e. The van der Waals surface area contributed by atoms with Gasteiger partial charge >= 0.3 is 0 Å². The fraction of sp³-hybridized carbons (Fsp3) is 0.423. The van der Waals surface area contributed by atoms with Crippen LogP contribution in [0.25, 0.3) is 6.08 Å². The summed E-state index contributed by atoms with van der Waals surface area (Å²) in [6.07, 6.45) is 6.72. The molecule has 3 nitrogen and oxygen atoms in total. The van der Waals surface area contributed by atoms with Gasteiger partial charge in [0.2, 0.25) is 0 Å². The van der Waals surface area contributed by atoms with Gasteiger partial charge in [-0.15, -0.1) is 0 Å². The van der Waals surface area contributed by atoms with E-state index < -0.39 is 22.9 Å². The maximum Gasteiger partial charge on any atom is 0.183 e. The third-order valence-corrected chi connectivity index (χ3v) is 7.83. The molecule has 3 fully saturated rings. The molecule has 2 aromatic rings. The summed E-state index contributed by atoms with van der Waals surface area (Å²) < 4.78 is 27.0. The van der Waals surface area contributed by atoms with Crippen molar-refractivity contribution in [3.05, 3.63) is 76.6 Å². The third kappa shape index (κ3) is 2.19. The maximum atomic E-state index is 13.8. The number of Topliss-reactive ketones (excluding diaryl/α,β-unsaturated/α-hetero) is 1. The number of aryl methyl sites for hydroxylation is 1. The summed E-state index contributed by atoms with van der Waals surface area (Å²) in [6.45, 7) is 2.03. The van der Waals surface area contributed by atoms with Crippen molar-refractivity contribution in [2.75, 3.05) is 0 Å². The number of ketones is 1. The number of benzene rings is 2. The van der Waals surface area contributed by atoms with Crippen LogP contribution in [-0.2, 0) is 26.3 Å². The molecule has 30 heavy (non-hydrogen) atoms. The van der Waals surface area contributed by atoms with Gasteiger partial charge in [-0.3, -0.25) is 4.79 Å². The summed E-state index contributed by atoms with van der Waals surface area (Å²) in [5, 5.41) is 0. The summed E-state index contributed by atoms with van der Waals surface area (Å²) in [5.41, 5.74) is 2.76. The Hall–Kier alpha value is -2.30. The molecule has 1 saturated carbocycles. The largest absolute Gasteiger partial charge is 0.334 e. The molecule has 4 heteroatoms. The quantitative estimate of drug-likeness (QED) is 0.645. The van der Waals surface area contributed by atoms with Gasteiger partial charge in [0.25, 0.3) is 0 Å². The van der Waals surface area contributed by atoms with Crippen LogP contribution in [0.5, 0.6) is 0 Å². The van der Waals surface area contributed by atoms with Gasteiger partial charge in [0.1, 0.15) is 5.82 Å². The van der Waals surface area contributed by atoms with E-state index in [1.807, 2.05) is 19.1 Å². The second-order valence-corrected chi connectivity index (χ2v) is 9.37. The molecule has 2 aliphatic carbocycles. The van der Waals surface area contributed by atoms with Crippen molar-refractivity contribution in [3.63, 3.8) is 0 Å². The maximum absolute atomic E-state index is 13.8. The lowest BCUT2D eigenvalue weighted by Crippen LogP contribution is -2.59. The molecule has 0 aromatic heterocycles. The molecule has 2 spiro atoms. The van der Waals surface area contributed by atoms with E-state index in [0.717, 1.165) is 55.2 Å². The zero-order valence-electron chi connectivity index (χ0n) is 17.1. The highest BCUT2D eigenvalue weighted by Crippen LogP contribution is 2.67. The van der Waals surface area contributed by atoms with Crippen LogP contribution in [0.1, 0.15) is 55.7 Å². The summed E-state index contributed by atoms with van der Waals surface area (Å²) in [7, 11) is 0. The zero-order chi connectivity index (χ0) is 20.6. The van der Waals surface area contributed by atoms with Crippen LogP contribution < -0.4 is 0 Å². The van der Waals surface area contributed by atoms with Crippen LogP contribution in [-0.4, -0.2) is 17.7 Å². The molecular weight excluding hydrogens is 379 g/mol. The Bertz CT molecular complexity index is 1070. The Morgan fingerprint density at radius 1 is 1.03 bits per heavy atom. The number of rotatable bonds is 1. The van der Waals surface area contributed by atoms with Crippen molar-refractivity contribution in [1.82, 2.24) is 0 Å². The number of hydrogen-bond acceptors (Lipinski definition) is 3. The molecule has 2 bridgehead atoms. The number of halogens is 1. The molecule has 0 amide bonds. The summed E-state index contributed by atoms with van der Waals surface area (Å²) >= 11 is 0. The fourth-order valence-corrected chi connectivity index (χ4v) is 6.20. The lowest BCUT2D eigenvalue weighted by molar-refractivity contribution is -0.249. The Labute approximate surface area is 175 Å². The average Bonchev–Trinajstić information content (AvgIpc) is 3.21. The second kappa shape index (κ2) is 6.12. The monoisotopic (exact) mass is 404 g/mol. The predicted molar refractivity (Wildman–Crippen MR) is 111 cm³/mol. The first-order valence-corrected chi connectivity index (χ1v) is 11.0. The Kier molecular flexibility index (Phi) is 3.76. The van der Waals surface area contributed by atoms with Gasteiger partial charge in [-0.05, 0) is 67.0 Å². The molecule has 0 radical (unpaired) electrons. The number of carbonyl (C=O) groups excluding carboxylic acids is 1. The van der Waals surface area contributed by atoms with Gasteiger partial charge in [-0.2, -0.15) is 0 Å². The number of ether oxygens (including phenoxy) is 2. The second-order valence-electron chi connectivity index (χ2n) is 9.37. The SMILES string of the molecule is C[C@]12CCCC[C@@]13O[C@@H](C2=O)C1(O3)/C(=C/c2ccc(F)cc2)CCc2ccccc21. The topological polar surface area (TPSA) is 35.5 Å². The van der Waals surface area contributed by atoms with E-state index in [2.05, 4.69) is 18.2 Å². The molecular formula is C26H25FO3. The van der Waals surface area contributed by atoms with Crippen molar-refractivity contribution in [3.8, 4) is 0 Å². The van der Waals surface area contributed by atoms with Gasteiger partial charge in [-0.1, -0.05) is 48.9 Å². The van der Waals surface area contributed by atoms with Crippen LogP contribution in [0.3, 0.4) is 0 Å². The van der Waals surface area contributed by atoms with Gasteiger partial charge in [-0.25, -0.2) is 4.39 Å². The molecule has 4 aliphatic rings. The molecule has 0 N–H and O–H groups in total. The fourth-order valence-electron chi connectivity index (χ4n) is 6.20. The van der Waals surface area contributed by atoms with E-state index in [-0.39, 0.29) is 11.6 Å². The molecule has 2 heterocycles. The van der Waals surface area contributed by atoms with Crippen LogP contribution in [0.15, 0.2) is 54.1 Å². The van der Waals surface area contributed by atoms with Gasteiger partial charge < -0.3 is 9.47 Å². The smallest absolute Gasteiger partial charge is 0.183 e. The molecule has 1 unspecified atom stereocenters. The zero-order valence-corrected chi connectivity index (χ0v) is 17.1. The van der Waals surface area contributed by atoms with Crippen molar-refractivity contribution in [2.24, 2.45) is 5.41 Å². The van der Waals surface area contributed by atoms with Gasteiger partial charge in [0, 0.05) is 6.42 Å². The van der Waals surface area contributed by atoms with Crippen LogP contribution >= 0.6 is 0 Å². The Morgan fingerprint density at radius 3 is 2.63 bits per heavy atom. The van der Waals surface area contributed by atoms with Crippen LogP contribution in [0.2, 0.25) is 0 Å². The average molecular weight is 404 g/mol. The van der Waals surface area contributed by atoms with Crippen molar-refractivity contribution in [2.45, 2.75) is 62.9 Å². The molecule has 2 aliphatic heterocycles. The van der Waals surface area contributed by atoms with Crippen LogP contribution in [0, 0.1) is 11.2 Å². The summed E-state index contributed by atoms with van der Waals surface area (Å²) in [4.78, 5) is 13.8. The molecule has 154 valence electrons. The standard InChI is InChI=1S/C26H25FO3/c1-24-14-4-5-15-25(24)29-23(22(24)28)26(30-25)19(16-17-8-12-20(27)13-9-17)11-10-18-6-2-3-7-21(18)26/h2-3,6-9,12-13,16,23H,4-5,10-11,14-15H2,1H3/b19-16+/t23-,24+,25-,26?/m0/s1. The molecule has 2 aromatic carbocycles. The van der Waals surface area contributed by atoms with Gasteiger partial charge in [0.05, 0.1) is 5.41 Å². The first kappa shape index (κ1) is 18.5. The van der Waals surface area contributed by atoms with E-state index in [0.29, 0.717) is 0 Å². The Balaban J connectivity index is 1.56. The van der Waals surface area contributed by atoms with E-state index in [4.69, 9.17) is 9.47 Å². The van der Waals surface area contributed by atoms with Crippen molar-refractivity contribution in [1.29, 1.82) is 0 Å². The normalized spacial score (nSPS) is 38.1. The van der Waals surface area contributed by atoms with E-state index in [9.17, 15) is 9.18 Å². The highest BCUT2D eigenvalue weighted by Gasteiger charge is 2.77. The molecule has 4 atom stereocenters. The molecule has 2 saturated heterocycles. The number of carbonyl (C=O) groups is 1. The van der Waals surface area contributed by atoms with Crippen molar-refractivity contribution >= 4 is 11.9 Å². The minimum absolute atomic E-state index is 0.176. The lowest BCUT2D eigenvalue weighted by atomic mass is 9.62. The Morgan fingerprint density at radius 2 is 1.80 bits per heavy atom. The predicted octanol–water partition coefficient (Wildman–Crippen LogP) is 5.33. The highest BCUT2D eigenvalue weighted by atomic mass is 19.1. The van der Waals surface area contributed by atoms with E-state index in [1.165, 1.54) is 17.7 Å². The first-order valence-electron chi connectivity index (χ1n) is 11.0. The number of fused-ring (bicyclic) bond motifs is 4. The molecule has 6 rings (SSSR count).